The van der Waals surface area contributed by atoms with Crippen LogP contribution in [0, 0.1) is 13.8 Å². The lowest BCUT2D eigenvalue weighted by Gasteiger charge is -2.06. The van der Waals surface area contributed by atoms with Crippen LogP contribution in [0.15, 0.2) is 12.2 Å². The standard InChI is InChI=1S/C11H16N2O2/c1-7(2)11(14)15-6-10-8(3)12-9(4)13(10)5/h1,6H2,2-5H3. The molecule has 4 heteroatoms. The highest BCUT2D eigenvalue weighted by Crippen LogP contribution is 2.10. The summed E-state index contributed by atoms with van der Waals surface area (Å²) in [5, 5.41) is 0. The number of hydrogen-bond donors (Lipinski definition) is 0. The topological polar surface area (TPSA) is 44.1 Å². The molecule has 0 N–H and O–H groups in total. The van der Waals surface area contributed by atoms with Gasteiger partial charge in [-0.1, -0.05) is 6.58 Å². The molecule has 0 atom stereocenters. The van der Waals surface area contributed by atoms with Gasteiger partial charge in [0.05, 0.1) is 11.4 Å². The molecule has 82 valence electrons. The van der Waals surface area contributed by atoms with Crippen molar-refractivity contribution in [3.05, 3.63) is 29.4 Å². The van der Waals surface area contributed by atoms with E-state index in [-0.39, 0.29) is 12.6 Å². The Morgan fingerprint density at radius 1 is 1.53 bits per heavy atom. The summed E-state index contributed by atoms with van der Waals surface area (Å²) in [7, 11) is 1.90. The quantitative estimate of drug-likeness (QED) is 0.560. The molecule has 0 saturated heterocycles. The first kappa shape index (κ1) is 11.5. The van der Waals surface area contributed by atoms with E-state index in [4.69, 9.17) is 4.74 Å². The lowest BCUT2D eigenvalue weighted by molar-refractivity contribution is -0.140. The van der Waals surface area contributed by atoms with Gasteiger partial charge < -0.3 is 9.30 Å². The fourth-order valence-electron chi connectivity index (χ4n) is 1.28. The van der Waals surface area contributed by atoms with Crippen LogP contribution in [0.25, 0.3) is 0 Å². The Kier molecular flexibility index (Phi) is 3.29. The summed E-state index contributed by atoms with van der Waals surface area (Å²) in [6.07, 6.45) is 0. The number of nitrogens with zero attached hydrogens (tertiary/aromatic N) is 2. The lowest BCUT2D eigenvalue weighted by atomic mass is 10.3. The number of aromatic nitrogens is 2. The highest BCUT2D eigenvalue weighted by Gasteiger charge is 2.11. The minimum atomic E-state index is -0.367. The van der Waals surface area contributed by atoms with E-state index in [9.17, 15) is 4.79 Å². The third kappa shape index (κ3) is 2.46. The van der Waals surface area contributed by atoms with E-state index < -0.39 is 0 Å². The van der Waals surface area contributed by atoms with Gasteiger partial charge in [-0.2, -0.15) is 0 Å². The number of carbonyl (C=O) groups is 1. The third-order valence-corrected chi connectivity index (χ3v) is 2.33. The van der Waals surface area contributed by atoms with Gasteiger partial charge in [0.25, 0.3) is 0 Å². The smallest absolute Gasteiger partial charge is 0.333 e. The molecule has 0 aromatic carbocycles. The zero-order valence-corrected chi connectivity index (χ0v) is 9.63. The maximum Gasteiger partial charge on any atom is 0.333 e. The summed E-state index contributed by atoms with van der Waals surface area (Å²) in [5.74, 6) is 0.544. The van der Waals surface area contributed by atoms with Crippen LogP contribution < -0.4 is 0 Å². The van der Waals surface area contributed by atoms with E-state index in [2.05, 4.69) is 11.6 Å². The lowest BCUT2D eigenvalue weighted by Crippen LogP contribution is -2.08. The molecule has 0 aliphatic heterocycles. The average molecular weight is 208 g/mol. The number of hydrogen-bond acceptors (Lipinski definition) is 3. The summed E-state index contributed by atoms with van der Waals surface area (Å²) in [5.41, 5.74) is 2.22. The highest BCUT2D eigenvalue weighted by molar-refractivity contribution is 5.86. The third-order valence-electron chi connectivity index (χ3n) is 2.33. The minimum absolute atomic E-state index is 0.245. The van der Waals surface area contributed by atoms with Gasteiger partial charge in [-0.05, 0) is 20.8 Å². The molecular formula is C11H16N2O2. The van der Waals surface area contributed by atoms with Crippen molar-refractivity contribution in [3.8, 4) is 0 Å². The van der Waals surface area contributed by atoms with Crippen LogP contribution >= 0.6 is 0 Å². The summed E-state index contributed by atoms with van der Waals surface area (Å²) >= 11 is 0. The SMILES string of the molecule is C=C(C)C(=O)OCc1c(C)nc(C)n1C. The van der Waals surface area contributed by atoms with Crippen LogP contribution in [0.5, 0.6) is 0 Å². The number of rotatable bonds is 3. The van der Waals surface area contributed by atoms with Crippen LogP contribution in [0.2, 0.25) is 0 Å². The number of ether oxygens (including phenoxy) is 1. The second-order valence-corrected chi connectivity index (χ2v) is 3.61. The highest BCUT2D eigenvalue weighted by atomic mass is 16.5. The van der Waals surface area contributed by atoms with Gasteiger partial charge in [-0.25, -0.2) is 9.78 Å². The van der Waals surface area contributed by atoms with Crippen molar-refractivity contribution in [2.45, 2.75) is 27.4 Å². The van der Waals surface area contributed by atoms with E-state index in [1.54, 1.807) is 6.92 Å². The molecule has 0 spiro atoms. The molecule has 15 heavy (non-hydrogen) atoms. The van der Waals surface area contributed by atoms with Crippen molar-refractivity contribution in [3.63, 3.8) is 0 Å². The van der Waals surface area contributed by atoms with Gasteiger partial charge in [-0.15, -0.1) is 0 Å². The summed E-state index contributed by atoms with van der Waals surface area (Å²) in [6, 6.07) is 0. The van der Waals surface area contributed by atoms with Crippen molar-refractivity contribution in [2.75, 3.05) is 0 Å². The Bertz CT molecular complexity index is 405. The number of esters is 1. The molecule has 0 radical (unpaired) electrons. The van der Waals surface area contributed by atoms with Crippen LogP contribution in [-0.4, -0.2) is 15.5 Å². The Morgan fingerprint density at radius 2 is 2.13 bits per heavy atom. The van der Waals surface area contributed by atoms with Crippen molar-refractivity contribution >= 4 is 5.97 Å². The molecule has 1 aromatic heterocycles. The predicted molar refractivity (Wildman–Crippen MR) is 57.3 cm³/mol. The first-order valence-electron chi connectivity index (χ1n) is 4.75. The molecule has 0 aliphatic rings. The molecule has 0 saturated carbocycles. The molecule has 1 aromatic rings. The second-order valence-electron chi connectivity index (χ2n) is 3.61. The largest absolute Gasteiger partial charge is 0.456 e. The van der Waals surface area contributed by atoms with Crippen molar-refractivity contribution < 1.29 is 9.53 Å². The van der Waals surface area contributed by atoms with Gasteiger partial charge in [0.2, 0.25) is 0 Å². The Balaban J connectivity index is 2.73. The fourth-order valence-corrected chi connectivity index (χ4v) is 1.28. The summed E-state index contributed by atoms with van der Waals surface area (Å²) in [4.78, 5) is 15.5. The van der Waals surface area contributed by atoms with Crippen LogP contribution in [-0.2, 0) is 23.2 Å². The van der Waals surface area contributed by atoms with Crippen molar-refractivity contribution in [2.24, 2.45) is 7.05 Å². The first-order valence-corrected chi connectivity index (χ1v) is 4.75. The van der Waals surface area contributed by atoms with E-state index in [0.29, 0.717) is 5.57 Å². The summed E-state index contributed by atoms with van der Waals surface area (Å²) in [6.45, 7) is 9.21. The van der Waals surface area contributed by atoms with Crippen LogP contribution in [0.1, 0.15) is 24.1 Å². The Hall–Kier alpha value is -1.58. The molecule has 0 unspecified atom stereocenters. The minimum Gasteiger partial charge on any atom is -0.456 e. The zero-order chi connectivity index (χ0) is 11.6. The fraction of sp³-hybridized carbons (Fsp3) is 0.455. The summed E-state index contributed by atoms with van der Waals surface area (Å²) < 4.78 is 6.98. The first-order chi connectivity index (χ1) is 6.93. The molecule has 0 fully saturated rings. The van der Waals surface area contributed by atoms with Gasteiger partial charge in [-0.3, -0.25) is 0 Å². The molecule has 1 rings (SSSR count). The van der Waals surface area contributed by atoms with Crippen LogP contribution in [0.3, 0.4) is 0 Å². The second kappa shape index (κ2) is 4.29. The van der Waals surface area contributed by atoms with E-state index >= 15 is 0 Å². The van der Waals surface area contributed by atoms with Crippen molar-refractivity contribution in [1.29, 1.82) is 0 Å². The van der Waals surface area contributed by atoms with Crippen molar-refractivity contribution in [1.82, 2.24) is 9.55 Å². The van der Waals surface area contributed by atoms with Gasteiger partial charge in [0, 0.05) is 12.6 Å². The Labute approximate surface area is 89.6 Å². The number of carbonyl (C=O) groups excluding carboxylic acids is 1. The number of imidazole rings is 1. The molecule has 0 aliphatic carbocycles. The maximum atomic E-state index is 11.2. The van der Waals surface area contributed by atoms with E-state index in [0.717, 1.165) is 17.2 Å². The average Bonchev–Trinajstić information content (AvgIpc) is 2.38. The molecule has 0 bridgehead atoms. The number of aryl methyl sites for hydroxylation is 2. The van der Waals surface area contributed by atoms with Gasteiger partial charge in [0.1, 0.15) is 12.4 Å². The van der Waals surface area contributed by atoms with Gasteiger partial charge >= 0.3 is 5.97 Å². The maximum absolute atomic E-state index is 11.2. The molecule has 4 nitrogen and oxygen atoms in total. The van der Waals surface area contributed by atoms with E-state index in [1.165, 1.54) is 0 Å². The predicted octanol–water partition coefficient (Wildman–Crippen LogP) is 1.66. The molecule has 1 heterocycles. The molecular weight excluding hydrogens is 192 g/mol. The Morgan fingerprint density at radius 3 is 2.53 bits per heavy atom. The monoisotopic (exact) mass is 208 g/mol. The normalized spacial score (nSPS) is 10.1. The molecule has 0 amide bonds. The van der Waals surface area contributed by atoms with Gasteiger partial charge in [0.15, 0.2) is 0 Å². The van der Waals surface area contributed by atoms with E-state index in [1.807, 2.05) is 25.5 Å². The van der Waals surface area contributed by atoms with Crippen LogP contribution in [0.4, 0.5) is 0 Å². The zero-order valence-electron chi connectivity index (χ0n) is 9.63.